The van der Waals surface area contributed by atoms with Gasteiger partial charge in [0.25, 0.3) is 0 Å². The molecule has 2 N–H and O–H groups in total. The zero-order valence-corrected chi connectivity index (χ0v) is 7.56. The Hall–Kier alpha value is -0.990. The van der Waals surface area contributed by atoms with Crippen LogP contribution in [-0.4, -0.2) is 11.9 Å². The van der Waals surface area contributed by atoms with Crippen molar-refractivity contribution >= 4 is 5.91 Å². The quantitative estimate of drug-likeness (QED) is 0.639. The fourth-order valence-corrected chi connectivity index (χ4v) is 0.605. The molecule has 0 saturated carbocycles. The van der Waals surface area contributed by atoms with Gasteiger partial charge in [-0.15, -0.1) is 0 Å². The molecule has 0 aromatic carbocycles. The molecule has 0 radical (unpaired) electrons. The van der Waals surface area contributed by atoms with Crippen molar-refractivity contribution < 1.29 is 4.79 Å². The van der Waals surface area contributed by atoms with Crippen molar-refractivity contribution in [2.24, 2.45) is 0 Å². The number of carbonyl (C=O) groups is 1. The molecule has 0 aliphatic rings. The molecule has 0 aromatic heterocycles. The van der Waals surface area contributed by atoms with Crippen LogP contribution in [0.1, 0.15) is 27.7 Å². The maximum absolute atomic E-state index is 10.5. The molecule has 11 heavy (non-hydrogen) atoms. The summed E-state index contributed by atoms with van der Waals surface area (Å²) in [6.45, 7) is 7.42. The molecule has 0 heterocycles. The lowest BCUT2D eigenvalue weighted by Gasteiger charge is -2.06. The Labute approximate surface area is 67.9 Å². The summed E-state index contributed by atoms with van der Waals surface area (Å²) in [5.74, 6) is -0.0377. The van der Waals surface area contributed by atoms with Gasteiger partial charge in [-0.05, 0) is 20.8 Å². The van der Waals surface area contributed by atoms with Gasteiger partial charge in [0.15, 0.2) is 0 Å². The normalized spacial score (nSPS) is 11.5. The minimum Gasteiger partial charge on any atom is -0.387 e. The first kappa shape index (κ1) is 10.0. The molecule has 0 unspecified atom stereocenters. The Kier molecular flexibility index (Phi) is 4.34. The molecule has 3 heteroatoms. The summed E-state index contributed by atoms with van der Waals surface area (Å²) in [6, 6.07) is 0.402. The van der Waals surface area contributed by atoms with E-state index >= 15 is 0 Å². The summed E-state index contributed by atoms with van der Waals surface area (Å²) in [6.07, 6.45) is 1.80. The van der Waals surface area contributed by atoms with E-state index in [-0.39, 0.29) is 5.91 Å². The largest absolute Gasteiger partial charge is 0.387 e. The smallest absolute Gasteiger partial charge is 0.221 e. The van der Waals surface area contributed by atoms with Gasteiger partial charge in [-0.3, -0.25) is 4.79 Å². The van der Waals surface area contributed by atoms with Gasteiger partial charge in [-0.1, -0.05) is 0 Å². The maximum atomic E-state index is 10.5. The standard InChI is InChI=1S/C8H16N2O/c1-6(2)9-5-7(3)10-8(4)11/h5-6,9H,1-4H3,(H,10,11)/b7-5+. The number of nitrogens with one attached hydrogen (secondary N) is 2. The second-order valence-electron chi connectivity index (χ2n) is 2.83. The molecule has 64 valence electrons. The minimum atomic E-state index is -0.0377. The summed E-state index contributed by atoms with van der Waals surface area (Å²) < 4.78 is 0. The number of hydrogen-bond acceptors (Lipinski definition) is 2. The average molecular weight is 156 g/mol. The second kappa shape index (κ2) is 4.77. The van der Waals surface area contributed by atoms with E-state index in [1.54, 1.807) is 6.20 Å². The fourth-order valence-electron chi connectivity index (χ4n) is 0.605. The molecular formula is C8H16N2O. The van der Waals surface area contributed by atoms with E-state index in [0.29, 0.717) is 6.04 Å². The van der Waals surface area contributed by atoms with Crippen molar-refractivity contribution in [3.63, 3.8) is 0 Å². The fraction of sp³-hybridized carbons (Fsp3) is 0.625. The Balaban J connectivity index is 3.72. The summed E-state index contributed by atoms with van der Waals surface area (Å²) in [7, 11) is 0. The zero-order chi connectivity index (χ0) is 8.85. The van der Waals surface area contributed by atoms with Crippen LogP contribution in [0.5, 0.6) is 0 Å². The molecule has 0 spiro atoms. The van der Waals surface area contributed by atoms with E-state index in [1.807, 2.05) is 20.8 Å². The predicted molar refractivity (Wildman–Crippen MR) is 45.8 cm³/mol. The Morgan fingerprint density at radius 2 is 1.91 bits per heavy atom. The molecule has 0 aromatic rings. The van der Waals surface area contributed by atoms with Crippen molar-refractivity contribution in [1.82, 2.24) is 10.6 Å². The third-order valence-corrected chi connectivity index (χ3v) is 1.01. The number of allylic oxidation sites excluding steroid dienone is 1. The number of amides is 1. The van der Waals surface area contributed by atoms with Gasteiger partial charge in [0.2, 0.25) is 5.91 Å². The van der Waals surface area contributed by atoms with Gasteiger partial charge in [0, 0.05) is 24.9 Å². The number of hydrogen-bond donors (Lipinski definition) is 2. The highest BCUT2D eigenvalue weighted by Gasteiger charge is 1.91. The van der Waals surface area contributed by atoms with E-state index in [2.05, 4.69) is 10.6 Å². The summed E-state index contributed by atoms with van der Waals surface area (Å²) in [5, 5.41) is 5.73. The molecule has 0 fully saturated rings. The lowest BCUT2D eigenvalue weighted by molar-refractivity contribution is -0.118. The van der Waals surface area contributed by atoms with Crippen LogP contribution in [0.15, 0.2) is 11.9 Å². The minimum absolute atomic E-state index is 0.0377. The van der Waals surface area contributed by atoms with Gasteiger partial charge in [-0.25, -0.2) is 0 Å². The van der Waals surface area contributed by atoms with Crippen LogP contribution in [0.2, 0.25) is 0 Å². The Morgan fingerprint density at radius 3 is 2.27 bits per heavy atom. The van der Waals surface area contributed by atoms with Crippen molar-refractivity contribution in [3.05, 3.63) is 11.9 Å². The Morgan fingerprint density at radius 1 is 1.36 bits per heavy atom. The van der Waals surface area contributed by atoms with Gasteiger partial charge in [0.05, 0.1) is 0 Å². The first-order valence-corrected chi connectivity index (χ1v) is 3.72. The molecule has 0 saturated heterocycles. The third-order valence-electron chi connectivity index (χ3n) is 1.01. The van der Waals surface area contributed by atoms with Crippen LogP contribution >= 0.6 is 0 Å². The van der Waals surface area contributed by atoms with Gasteiger partial charge in [0.1, 0.15) is 0 Å². The highest BCUT2D eigenvalue weighted by molar-refractivity contribution is 5.74. The molecule has 0 atom stereocenters. The van der Waals surface area contributed by atoms with Gasteiger partial charge in [-0.2, -0.15) is 0 Å². The lowest BCUT2D eigenvalue weighted by atomic mass is 10.4. The maximum Gasteiger partial charge on any atom is 0.221 e. The molecule has 0 bridgehead atoms. The van der Waals surface area contributed by atoms with E-state index in [0.717, 1.165) is 5.70 Å². The number of carbonyl (C=O) groups excluding carboxylic acids is 1. The topological polar surface area (TPSA) is 41.1 Å². The molecule has 1 amide bonds. The second-order valence-corrected chi connectivity index (χ2v) is 2.83. The van der Waals surface area contributed by atoms with Crippen molar-refractivity contribution in [1.29, 1.82) is 0 Å². The summed E-state index contributed by atoms with van der Waals surface area (Å²) >= 11 is 0. The molecule has 0 aliphatic carbocycles. The van der Waals surface area contributed by atoms with E-state index in [1.165, 1.54) is 6.92 Å². The first-order valence-electron chi connectivity index (χ1n) is 3.72. The van der Waals surface area contributed by atoms with Gasteiger partial charge < -0.3 is 10.6 Å². The van der Waals surface area contributed by atoms with Crippen LogP contribution in [0.25, 0.3) is 0 Å². The summed E-state index contributed by atoms with van der Waals surface area (Å²) in [5.41, 5.74) is 0.839. The molecule has 0 aliphatic heterocycles. The monoisotopic (exact) mass is 156 g/mol. The lowest BCUT2D eigenvalue weighted by Crippen LogP contribution is -2.22. The van der Waals surface area contributed by atoms with Crippen molar-refractivity contribution in [2.45, 2.75) is 33.7 Å². The zero-order valence-electron chi connectivity index (χ0n) is 7.56. The van der Waals surface area contributed by atoms with Crippen LogP contribution in [0.3, 0.4) is 0 Å². The highest BCUT2D eigenvalue weighted by Crippen LogP contribution is 1.84. The Bertz CT molecular complexity index is 161. The van der Waals surface area contributed by atoms with Crippen molar-refractivity contribution in [2.75, 3.05) is 0 Å². The van der Waals surface area contributed by atoms with E-state index in [4.69, 9.17) is 0 Å². The van der Waals surface area contributed by atoms with Crippen LogP contribution in [-0.2, 0) is 4.79 Å². The third kappa shape index (κ3) is 6.90. The van der Waals surface area contributed by atoms with E-state index < -0.39 is 0 Å². The van der Waals surface area contributed by atoms with Crippen LogP contribution < -0.4 is 10.6 Å². The highest BCUT2D eigenvalue weighted by atomic mass is 16.1. The van der Waals surface area contributed by atoms with Crippen LogP contribution in [0.4, 0.5) is 0 Å². The SMILES string of the molecule is CC(=O)N/C(C)=C/NC(C)C. The molecular weight excluding hydrogens is 140 g/mol. The summed E-state index contributed by atoms with van der Waals surface area (Å²) in [4.78, 5) is 10.5. The predicted octanol–water partition coefficient (Wildman–Crippen LogP) is 0.982. The van der Waals surface area contributed by atoms with E-state index in [9.17, 15) is 4.79 Å². The first-order chi connectivity index (χ1) is 5.02. The average Bonchev–Trinajstić information content (AvgIpc) is 1.82. The molecule has 0 rings (SSSR count). The molecule has 3 nitrogen and oxygen atoms in total. The van der Waals surface area contributed by atoms with Gasteiger partial charge >= 0.3 is 0 Å². The number of rotatable bonds is 3. The van der Waals surface area contributed by atoms with Crippen LogP contribution in [0, 0.1) is 0 Å². The van der Waals surface area contributed by atoms with Crippen molar-refractivity contribution in [3.8, 4) is 0 Å².